The molecule has 5 nitrogen and oxygen atoms in total. The highest BCUT2D eigenvalue weighted by atomic mass is 35.5. The highest BCUT2D eigenvalue weighted by molar-refractivity contribution is 6.35. The number of anilines is 1. The smallest absolute Gasteiger partial charge is 0.265 e. The zero-order valence-corrected chi connectivity index (χ0v) is 18.8. The van der Waals surface area contributed by atoms with Crippen molar-refractivity contribution < 1.29 is 13.9 Å². The number of nitrogens with zero attached hydrogens (tertiary/aromatic N) is 1. The number of carbonyl (C=O) groups is 1. The van der Waals surface area contributed by atoms with Crippen molar-refractivity contribution in [1.29, 1.82) is 0 Å². The second-order valence-electron chi connectivity index (χ2n) is 7.01. The van der Waals surface area contributed by atoms with Crippen LogP contribution in [-0.2, 0) is 4.79 Å². The second kappa shape index (κ2) is 8.79. The first kappa shape index (κ1) is 21.5. The summed E-state index contributed by atoms with van der Waals surface area (Å²) >= 11 is 18.4. The molecule has 0 saturated heterocycles. The van der Waals surface area contributed by atoms with Gasteiger partial charge in [-0.1, -0.05) is 40.9 Å². The molecular weight excluding hydrogens is 459 g/mol. The number of aromatic nitrogens is 1. The van der Waals surface area contributed by atoms with Crippen LogP contribution in [0.15, 0.2) is 59.0 Å². The number of amides is 1. The third kappa shape index (κ3) is 4.79. The van der Waals surface area contributed by atoms with Crippen molar-refractivity contribution in [3.63, 3.8) is 0 Å². The predicted octanol–water partition coefficient (Wildman–Crippen LogP) is 7.17. The van der Waals surface area contributed by atoms with Gasteiger partial charge < -0.3 is 14.5 Å². The summed E-state index contributed by atoms with van der Waals surface area (Å²) in [4.78, 5) is 17.1. The molecule has 31 heavy (non-hydrogen) atoms. The monoisotopic (exact) mass is 474 g/mol. The number of halogens is 3. The van der Waals surface area contributed by atoms with E-state index in [1.807, 2.05) is 25.1 Å². The summed E-state index contributed by atoms with van der Waals surface area (Å²) in [7, 11) is 0. The maximum Gasteiger partial charge on any atom is 0.265 e. The summed E-state index contributed by atoms with van der Waals surface area (Å²) in [5, 5.41) is 4.08. The van der Waals surface area contributed by atoms with E-state index in [1.54, 1.807) is 43.3 Å². The van der Waals surface area contributed by atoms with Gasteiger partial charge in [0.15, 0.2) is 11.7 Å². The van der Waals surface area contributed by atoms with Crippen LogP contribution in [0.1, 0.15) is 12.5 Å². The van der Waals surface area contributed by atoms with E-state index in [9.17, 15) is 4.79 Å². The summed E-state index contributed by atoms with van der Waals surface area (Å²) in [5.41, 5.74) is 3.58. The van der Waals surface area contributed by atoms with Crippen LogP contribution in [0.4, 0.5) is 5.69 Å². The van der Waals surface area contributed by atoms with Gasteiger partial charge in [-0.3, -0.25) is 4.79 Å². The molecule has 4 rings (SSSR count). The van der Waals surface area contributed by atoms with Crippen molar-refractivity contribution in [3.05, 3.63) is 75.2 Å². The van der Waals surface area contributed by atoms with Gasteiger partial charge in [-0.15, -0.1) is 0 Å². The molecule has 1 amide bonds. The van der Waals surface area contributed by atoms with E-state index < -0.39 is 6.10 Å². The molecule has 0 bridgehead atoms. The lowest BCUT2D eigenvalue weighted by atomic mass is 10.2. The van der Waals surface area contributed by atoms with Crippen LogP contribution in [0.25, 0.3) is 22.6 Å². The van der Waals surface area contributed by atoms with Crippen LogP contribution >= 0.6 is 34.8 Å². The Hall–Kier alpha value is -2.73. The van der Waals surface area contributed by atoms with Crippen LogP contribution in [0.2, 0.25) is 15.1 Å². The molecule has 1 heterocycles. The summed E-state index contributed by atoms with van der Waals surface area (Å²) in [5.74, 6) is 0.388. The van der Waals surface area contributed by atoms with Gasteiger partial charge in [-0.25, -0.2) is 4.98 Å². The molecule has 0 fully saturated rings. The molecule has 3 aromatic carbocycles. The van der Waals surface area contributed by atoms with Crippen molar-refractivity contribution in [2.75, 3.05) is 5.32 Å². The van der Waals surface area contributed by atoms with Gasteiger partial charge in [0.2, 0.25) is 5.89 Å². The number of ether oxygens (including phenoxy) is 1. The largest absolute Gasteiger partial charge is 0.479 e. The second-order valence-corrected chi connectivity index (χ2v) is 8.26. The van der Waals surface area contributed by atoms with Crippen LogP contribution < -0.4 is 10.1 Å². The van der Waals surface area contributed by atoms with Crippen molar-refractivity contribution in [2.45, 2.75) is 20.0 Å². The molecule has 158 valence electrons. The quantitative estimate of drug-likeness (QED) is 0.332. The molecule has 1 aromatic heterocycles. The summed E-state index contributed by atoms with van der Waals surface area (Å²) in [6.45, 7) is 3.61. The first-order valence-electron chi connectivity index (χ1n) is 9.40. The zero-order valence-electron chi connectivity index (χ0n) is 16.6. The average molecular weight is 476 g/mol. The first-order valence-corrected chi connectivity index (χ1v) is 10.5. The zero-order chi connectivity index (χ0) is 22.1. The van der Waals surface area contributed by atoms with Crippen LogP contribution in [0, 0.1) is 6.92 Å². The van der Waals surface area contributed by atoms with Crippen LogP contribution in [-0.4, -0.2) is 17.0 Å². The van der Waals surface area contributed by atoms with Crippen molar-refractivity contribution in [3.8, 4) is 17.2 Å². The maximum atomic E-state index is 12.6. The fraction of sp³-hybridized carbons (Fsp3) is 0.130. The minimum absolute atomic E-state index is 0.326. The minimum atomic E-state index is -0.801. The Balaban J connectivity index is 1.54. The molecule has 0 aliphatic heterocycles. The fourth-order valence-electron chi connectivity index (χ4n) is 2.98. The molecular formula is C23H17Cl3N2O3. The number of aryl methyl sites for hydroxylation is 1. The highest BCUT2D eigenvalue weighted by Gasteiger charge is 2.18. The number of rotatable bonds is 5. The predicted molar refractivity (Wildman–Crippen MR) is 124 cm³/mol. The van der Waals surface area contributed by atoms with Gasteiger partial charge in [0.05, 0.1) is 15.6 Å². The molecule has 0 radical (unpaired) electrons. The van der Waals surface area contributed by atoms with E-state index in [1.165, 1.54) is 0 Å². The number of fused-ring (bicyclic) bond motifs is 1. The van der Waals surface area contributed by atoms with Gasteiger partial charge >= 0.3 is 0 Å². The Morgan fingerprint density at radius 2 is 1.84 bits per heavy atom. The lowest BCUT2D eigenvalue weighted by Crippen LogP contribution is -2.30. The van der Waals surface area contributed by atoms with Gasteiger partial charge in [-0.2, -0.15) is 0 Å². The number of hydrogen-bond donors (Lipinski definition) is 1. The fourth-order valence-corrected chi connectivity index (χ4v) is 3.63. The Bertz CT molecular complexity index is 1290. The molecule has 1 unspecified atom stereocenters. The third-order valence-electron chi connectivity index (χ3n) is 4.57. The van der Waals surface area contributed by atoms with E-state index in [-0.39, 0.29) is 5.91 Å². The van der Waals surface area contributed by atoms with Gasteiger partial charge in [0.25, 0.3) is 5.91 Å². The van der Waals surface area contributed by atoms with Gasteiger partial charge in [-0.05, 0) is 67.9 Å². The van der Waals surface area contributed by atoms with Crippen molar-refractivity contribution >= 4 is 57.5 Å². The van der Waals surface area contributed by atoms with Crippen molar-refractivity contribution in [2.24, 2.45) is 0 Å². The van der Waals surface area contributed by atoms with Crippen LogP contribution in [0.5, 0.6) is 5.75 Å². The number of oxazole rings is 1. The van der Waals surface area contributed by atoms with Crippen LogP contribution in [0.3, 0.4) is 0 Å². The summed E-state index contributed by atoms with van der Waals surface area (Å²) in [6.07, 6.45) is -0.801. The Morgan fingerprint density at radius 1 is 1.03 bits per heavy atom. The maximum absolute atomic E-state index is 12.6. The lowest BCUT2D eigenvalue weighted by molar-refractivity contribution is -0.122. The molecule has 1 N–H and O–H groups in total. The Morgan fingerprint density at radius 3 is 2.61 bits per heavy atom. The van der Waals surface area contributed by atoms with E-state index in [4.69, 9.17) is 44.0 Å². The molecule has 0 saturated carbocycles. The summed E-state index contributed by atoms with van der Waals surface area (Å²) in [6, 6.07) is 15.6. The average Bonchev–Trinajstić information content (AvgIpc) is 3.14. The lowest BCUT2D eigenvalue weighted by Gasteiger charge is -2.16. The number of carbonyl (C=O) groups excluding carboxylic acids is 1. The SMILES string of the molecule is Cc1ccc2oc(-c3cc(NC(=O)C(C)Oc4ccc(Cl)cc4Cl)ccc3Cl)nc2c1. The number of nitrogens with one attached hydrogen (secondary N) is 1. The Kier molecular flexibility index (Phi) is 6.10. The third-order valence-corrected chi connectivity index (χ3v) is 5.43. The van der Waals surface area contributed by atoms with E-state index >= 15 is 0 Å². The molecule has 0 spiro atoms. The van der Waals surface area contributed by atoms with Crippen molar-refractivity contribution in [1.82, 2.24) is 4.98 Å². The normalized spacial score (nSPS) is 12.0. The molecule has 4 aromatic rings. The highest BCUT2D eigenvalue weighted by Crippen LogP contribution is 2.33. The summed E-state index contributed by atoms with van der Waals surface area (Å²) < 4.78 is 11.5. The first-order chi connectivity index (χ1) is 14.8. The van der Waals surface area contributed by atoms with Gasteiger partial charge in [0.1, 0.15) is 11.3 Å². The van der Waals surface area contributed by atoms with Gasteiger partial charge in [0, 0.05) is 10.7 Å². The topological polar surface area (TPSA) is 64.4 Å². The number of hydrogen-bond acceptors (Lipinski definition) is 4. The molecule has 0 aliphatic rings. The Labute approximate surface area is 193 Å². The number of benzene rings is 3. The standard InChI is InChI=1S/C23H17Cl3N2O3/c1-12-3-7-21-19(9-12)28-23(31-21)16-11-15(5-6-17(16)25)27-22(29)13(2)30-20-8-4-14(24)10-18(20)26/h3-11,13H,1-2H3,(H,27,29). The van der Waals surface area contributed by atoms with E-state index in [0.29, 0.717) is 43.5 Å². The molecule has 1 atom stereocenters. The molecule has 8 heteroatoms. The van der Waals surface area contributed by atoms with E-state index in [2.05, 4.69) is 10.3 Å². The van der Waals surface area contributed by atoms with E-state index in [0.717, 1.165) is 11.1 Å². The minimum Gasteiger partial charge on any atom is -0.479 e. The molecule has 0 aliphatic carbocycles.